The van der Waals surface area contributed by atoms with Gasteiger partial charge in [0.05, 0.1) is 7.11 Å². The van der Waals surface area contributed by atoms with Gasteiger partial charge in [-0.3, -0.25) is 0 Å². The normalized spacial score (nSPS) is 10.5. The van der Waals surface area contributed by atoms with E-state index in [1.54, 1.807) is 7.11 Å². The number of halogens is 1. The Hall–Kier alpha value is -2.49. The summed E-state index contributed by atoms with van der Waals surface area (Å²) in [5, 5.41) is 4.17. The zero-order valence-corrected chi connectivity index (χ0v) is 15.5. The van der Waals surface area contributed by atoms with Crippen LogP contribution in [0.5, 0.6) is 11.5 Å². The Morgan fingerprint density at radius 2 is 1.50 bits per heavy atom. The Kier molecular flexibility index (Phi) is 6.53. The van der Waals surface area contributed by atoms with Crippen LogP contribution in [0.1, 0.15) is 16.7 Å². The molecule has 26 heavy (non-hydrogen) atoms. The fourth-order valence-electron chi connectivity index (χ4n) is 2.63. The highest BCUT2D eigenvalue weighted by Gasteiger charge is 2.00. The quantitative estimate of drug-likeness (QED) is 0.592. The molecule has 0 heterocycles. The van der Waals surface area contributed by atoms with E-state index in [-0.39, 0.29) is 0 Å². The van der Waals surface area contributed by atoms with Crippen LogP contribution in [-0.2, 0) is 19.7 Å². The van der Waals surface area contributed by atoms with Gasteiger partial charge in [0, 0.05) is 18.1 Å². The Balaban J connectivity index is 1.50. The third-order valence-electron chi connectivity index (χ3n) is 4.01. The van der Waals surface area contributed by atoms with Crippen LogP contribution in [-0.4, -0.2) is 7.11 Å². The summed E-state index contributed by atoms with van der Waals surface area (Å²) in [4.78, 5) is 0. The Bertz CT molecular complexity index is 834. The second-order valence-electron chi connectivity index (χ2n) is 6.02. The highest BCUT2D eigenvalue weighted by Crippen LogP contribution is 2.17. The molecule has 3 nitrogen and oxygen atoms in total. The van der Waals surface area contributed by atoms with Crippen molar-refractivity contribution in [3.8, 4) is 11.5 Å². The first-order chi connectivity index (χ1) is 12.7. The lowest BCUT2D eigenvalue weighted by atomic mass is 10.2. The van der Waals surface area contributed by atoms with Gasteiger partial charge >= 0.3 is 0 Å². The Morgan fingerprint density at radius 1 is 0.769 bits per heavy atom. The molecule has 0 aliphatic carbocycles. The predicted molar refractivity (Wildman–Crippen MR) is 106 cm³/mol. The van der Waals surface area contributed by atoms with E-state index in [0.717, 1.165) is 35.2 Å². The molecule has 0 aliphatic heterocycles. The van der Waals surface area contributed by atoms with Gasteiger partial charge in [-0.25, -0.2) is 0 Å². The lowest BCUT2D eigenvalue weighted by Crippen LogP contribution is -2.12. The number of ether oxygens (including phenoxy) is 2. The van der Waals surface area contributed by atoms with E-state index in [4.69, 9.17) is 21.1 Å². The molecule has 3 aromatic rings. The molecule has 3 rings (SSSR count). The van der Waals surface area contributed by atoms with E-state index in [0.29, 0.717) is 6.61 Å². The van der Waals surface area contributed by atoms with Crippen LogP contribution in [0.15, 0.2) is 72.8 Å². The maximum Gasteiger partial charge on any atom is 0.120 e. The standard InChI is InChI=1S/C22H22ClNO2/c1-25-21-10-8-17(9-11-21)14-24-15-18-4-3-7-22(13-18)26-16-19-5-2-6-20(23)12-19/h2-13,24H,14-16H2,1H3. The van der Waals surface area contributed by atoms with E-state index >= 15 is 0 Å². The van der Waals surface area contributed by atoms with Crippen LogP contribution in [0.25, 0.3) is 0 Å². The number of nitrogens with one attached hydrogen (secondary N) is 1. The van der Waals surface area contributed by atoms with Crippen LogP contribution in [0, 0.1) is 0 Å². The van der Waals surface area contributed by atoms with Gasteiger partial charge in [-0.15, -0.1) is 0 Å². The van der Waals surface area contributed by atoms with E-state index < -0.39 is 0 Å². The highest BCUT2D eigenvalue weighted by molar-refractivity contribution is 6.30. The molecule has 0 bridgehead atoms. The van der Waals surface area contributed by atoms with Gasteiger partial charge in [-0.2, -0.15) is 0 Å². The summed E-state index contributed by atoms with van der Waals surface area (Å²) >= 11 is 6.01. The van der Waals surface area contributed by atoms with Gasteiger partial charge in [-0.1, -0.05) is 48.0 Å². The van der Waals surface area contributed by atoms with Gasteiger partial charge in [-0.05, 0) is 53.1 Å². The summed E-state index contributed by atoms with van der Waals surface area (Å²) in [6, 6.07) is 23.9. The monoisotopic (exact) mass is 367 g/mol. The van der Waals surface area contributed by atoms with Crippen molar-refractivity contribution in [1.82, 2.24) is 5.32 Å². The molecule has 134 valence electrons. The molecule has 0 amide bonds. The predicted octanol–water partition coefficient (Wildman–Crippen LogP) is 5.22. The zero-order chi connectivity index (χ0) is 18.2. The number of benzene rings is 3. The van der Waals surface area contributed by atoms with Crippen molar-refractivity contribution in [1.29, 1.82) is 0 Å². The number of hydrogen-bond donors (Lipinski definition) is 1. The maximum atomic E-state index is 6.01. The minimum absolute atomic E-state index is 0.503. The summed E-state index contributed by atoms with van der Waals surface area (Å²) in [6.45, 7) is 2.08. The average molecular weight is 368 g/mol. The molecular formula is C22H22ClNO2. The summed E-state index contributed by atoms with van der Waals surface area (Å²) < 4.78 is 11.1. The number of rotatable bonds is 8. The first-order valence-electron chi connectivity index (χ1n) is 8.53. The molecule has 0 radical (unpaired) electrons. The fourth-order valence-corrected chi connectivity index (χ4v) is 2.85. The van der Waals surface area contributed by atoms with Crippen molar-refractivity contribution in [2.75, 3.05) is 7.11 Å². The largest absolute Gasteiger partial charge is 0.497 e. The van der Waals surface area contributed by atoms with Gasteiger partial charge in [0.15, 0.2) is 0 Å². The summed E-state index contributed by atoms with van der Waals surface area (Å²) in [6.07, 6.45) is 0. The van der Waals surface area contributed by atoms with Crippen molar-refractivity contribution in [2.45, 2.75) is 19.7 Å². The summed E-state index contributed by atoms with van der Waals surface area (Å²) in [5.74, 6) is 1.73. The molecule has 0 fully saturated rings. The lowest BCUT2D eigenvalue weighted by Gasteiger charge is -2.10. The zero-order valence-electron chi connectivity index (χ0n) is 14.7. The van der Waals surface area contributed by atoms with E-state index in [9.17, 15) is 0 Å². The first kappa shape index (κ1) is 18.3. The van der Waals surface area contributed by atoms with Crippen LogP contribution in [0.2, 0.25) is 5.02 Å². The van der Waals surface area contributed by atoms with E-state index in [1.165, 1.54) is 11.1 Å². The second kappa shape index (κ2) is 9.27. The van der Waals surface area contributed by atoms with Crippen molar-refractivity contribution < 1.29 is 9.47 Å². The molecule has 0 atom stereocenters. The first-order valence-corrected chi connectivity index (χ1v) is 8.90. The van der Waals surface area contributed by atoms with Crippen molar-refractivity contribution in [2.24, 2.45) is 0 Å². The topological polar surface area (TPSA) is 30.5 Å². The van der Waals surface area contributed by atoms with E-state index in [1.807, 2.05) is 48.5 Å². The van der Waals surface area contributed by atoms with E-state index in [2.05, 4.69) is 29.6 Å². The maximum absolute atomic E-state index is 6.01. The summed E-state index contributed by atoms with van der Waals surface area (Å²) in [5.41, 5.74) is 3.46. The second-order valence-corrected chi connectivity index (χ2v) is 6.45. The number of methoxy groups -OCH3 is 1. The van der Waals surface area contributed by atoms with Crippen LogP contribution < -0.4 is 14.8 Å². The lowest BCUT2D eigenvalue weighted by molar-refractivity contribution is 0.306. The van der Waals surface area contributed by atoms with Crippen LogP contribution in [0.3, 0.4) is 0 Å². The van der Waals surface area contributed by atoms with Crippen molar-refractivity contribution >= 4 is 11.6 Å². The summed E-state index contributed by atoms with van der Waals surface area (Å²) in [7, 11) is 1.68. The smallest absolute Gasteiger partial charge is 0.120 e. The molecule has 0 aromatic heterocycles. The molecule has 0 saturated heterocycles. The van der Waals surface area contributed by atoms with Crippen molar-refractivity contribution in [3.63, 3.8) is 0 Å². The van der Waals surface area contributed by atoms with Gasteiger partial charge in [0.25, 0.3) is 0 Å². The van der Waals surface area contributed by atoms with Crippen LogP contribution >= 0.6 is 11.6 Å². The molecule has 0 saturated carbocycles. The minimum Gasteiger partial charge on any atom is -0.497 e. The number of hydrogen-bond acceptors (Lipinski definition) is 3. The molecule has 3 aromatic carbocycles. The molecule has 0 unspecified atom stereocenters. The molecule has 0 aliphatic rings. The fraction of sp³-hybridized carbons (Fsp3) is 0.182. The molecule has 1 N–H and O–H groups in total. The highest BCUT2D eigenvalue weighted by atomic mass is 35.5. The third-order valence-corrected chi connectivity index (χ3v) is 4.25. The molecule has 0 spiro atoms. The van der Waals surface area contributed by atoms with Crippen molar-refractivity contribution in [3.05, 3.63) is 94.5 Å². The Labute approximate surface area is 159 Å². The molecule has 4 heteroatoms. The van der Waals surface area contributed by atoms with Gasteiger partial charge in [0.2, 0.25) is 0 Å². The Morgan fingerprint density at radius 3 is 2.27 bits per heavy atom. The van der Waals surface area contributed by atoms with Gasteiger partial charge < -0.3 is 14.8 Å². The minimum atomic E-state index is 0.503. The third kappa shape index (κ3) is 5.51. The van der Waals surface area contributed by atoms with Crippen LogP contribution in [0.4, 0.5) is 0 Å². The van der Waals surface area contributed by atoms with Gasteiger partial charge in [0.1, 0.15) is 18.1 Å². The SMILES string of the molecule is COc1ccc(CNCc2cccc(OCc3cccc(Cl)c3)c2)cc1. The average Bonchev–Trinajstić information content (AvgIpc) is 2.67. The molecular weight excluding hydrogens is 346 g/mol.